The highest BCUT2D eigenvalue weighted by Gasteiger charge is 2.21. The van der Waals surface area contributed by atoms with Gasteiger partial charge in [0.25, 0.3) is 5.91 Å². The van der Waals surface area contributed by atoms with Crippen molar-refractivity contribution in [1.82, 2.24) is 5.32 Å². The third-order valence-electron chi connectivity index (χ3n) is 3.26. The topological polar surface area (TPSA) is 84.9 Å². The number of ether oxygens (including phenoxy) is 2. The van der Waals surface area contributed by atoms with Gasteiger partial charge in [-0.2, -0.15) is 0 Å². The van der Waals surface area contributed by atoms with Crippen LogP contribution in [0.25, 0.3) is 0 Å². The van der Waals surface area contributed by atoms with E-state index in [1.54, 1.807) is 6.07 Å². The van der Waals surface area contributed by atoms with Crippen LogP contribution < -0.4 is 10.1 Å². The predicted octanol–water partition coefficient (Wildman–Crippen LogP) is 2.46. The van der Waals surface area contributed by atoms with E-state index in [-0.39, 0.29) is 25.2 Å². The Balaban J connectivity index is 2.49. The standard InChI is InChI=1S/C18H27NO5/c1-12-6-7-15(13(2)10-12)23-11-16(20)19-14(17(21)22)8-9-24-18(3,4)5/h6-7,10,14H,8-9,11H2,1-5H3,(H,19,20)(H,21,22). The number of carboxylic acids is 1. The molecular formula is C18H27NO5. The van der Waals surface area contributed by atoms with Gasteiger partial charge in [-0.15, -0.1) is 0 Å². The monoisotopic (exact) mass is 337 g/mol. The summed E-state index contributed by atoms with van der Waals surface area (Å²) < 4.78 is 11.0. The predicted molar refractivity (Wildman–Crippen MR) is 91.3 cm³/mol. The van der Waals surface area contributed by atoms with Crippen molar-refractivity contribution in [2.24, 2.45) is 0 Å². The van der Waals surface area contributed by atoms with E-state index >= 15 is 0 Å². The van der Waals surface area contributed by atoms with Gasteiger partial charge in [0.2, 0.25) is 0 Å². The summed E-state index contributed by atoms with van der Waals surface area (Å²) in [6.45, 7) is 9.55. The lowest BCUT2D eigenvalue weighted by atomic mass is 10.1. The summed E-state index contributed by atoms with van der Waals surface area (Å²) in [5.74, 6) is -0.954. The fourth-order valence-corrected chi connectivity index (χ4v) is 2.08. The van der Waals surface area contributed by atoms with Gasteiger partial charge in [-0.3, -0.25) is 4.79 Å². The fraction of sp³-hybridized carbons (Fsp3) is 0.556. The van der Waals surface area contributed by atoms with Crippen molar-refractivity contribution in [3.05, 3.63) is 29.3 Å². The van der Waals surface area contributed by atoms with E-state index in [2.05, 4.69) is 5.32 Å². The number of nitrogens with one attached hydrogen (secondary N) is 1. The second kappa shape index (κ2) is 8.68. The average molecular weight is 337 g/mol. The molecule has 0 heterocycles. The summed E-state index contributed by atoms with van der Waals surface area (Å²) in [5, 5.41) is 11.7. The number of carbonyl (C=O) groups excluding carboxylic acids is 1. The number of hydrogen-bond donors (Lipinski definition) is 2. The third kappa shape index (κ3) is 7.46. The molecule has 6 nitrogen and oxygen atoms in total. The number of rotatable bonds is 8. The van der Waals surface area contributed by atoms with Crippen LogP contribution in [0.4, 0.5) is 0 Å². The Hall–Kier alpha value is -2.08. The van der Waals surface area contributed by atoms with E-state index in [1.807, 2.05) is 46.8 Å². The van der Waals surface area contributed by atoms with E-state index in [9.17, 15) is 14.7 Å². The number of aryl methyl sites for hydroxylation is 2. The fourth-order valence-electron chi connectivity index (χ4n) is 2.08. The molecule has 0 saturated heterocycles. The zero-order valence-electron chi connectivity index (χ0n) is 15.0. The van der Waals surface area contributed by atoms with E-state index in [4.69, 9.17) is 9.47 Å². The molecule has 0 aliphatic rings. The number of aliphatic carboxylic acids is 1. The first-order valence-corrected chi connectivity index (χ1v) is 7.94. The van der Waals surface area contributed by atoms with E-state index in [0.29, 0.717) is 5.75 Å². The molecule has 1 amide bonds. The molecule has 0 saturated carbocycles. The molecule has 1 rings (SSSR count). The quantitative estimate of drug-likeness (QED) is 0.761. The minimum Gasteiger partial charge on any atom is -0.484 e. The first-order chi connectivity index (χ1) is 11.1. The van der Waals surface area contributed by atoms with Crippen LogP contribution in [0.5, 0.6) is 5.75 Å². The number of hydrogen-bond acceptors (Lipinski definition) is 4. The van der Waals surface area contributed by atoms with Gasteiger partial charge in [-0.25, -0.2) is 4.79 Å². The van der Waals surface area contributed by atoms with Crippen LogP contribution in [0.3, 0.4) is 0 Å². The number of amides is 1. The Morgan fingerprint density at radius 3 is 2.46 bits per heavy atom. The molecule has 2 N–H and O–H groups in total. The van der Waals surface area contributed by atoms with Crippen LogP contribution in [-0.2, 0) is 14.3 Å². The average Bonchev–Trinajstić information content (AvgIpc) is 2.43. The Morgan fingerprint density at radius 2 is 1.92 bits per heavy atom. The molecule has 0 aliphatic heterocycles. The summed E-state index contributed by atoms with van der Waals surface area (Å²) >= 11 is 0. The smallest absolute Gasteiger partial charge is 0.326 e. The lowest BCUT2D eigenvalue weighted by molar-refractivity contribution is -0.143. The minimum absolute atomic E-state index is 0.196. The first kappa shape index (κ1) is 20.0. The van der Waals surface area contributed by atoms with Crippen LogP contribution in [0.2, 0.25) is 0 Å². The lowest BCUT2D eigenvalue weighted by Gasteiger charge is -2.21. The van der Waals surface area contributed by atoms with E-state index < -0.39 is 17.9 Å². The molecule has 0 spiro atoms. The van der Waals surface area contributed by atoms with Crippen LogP contribution in [-0.4, -0.2) is 41.8 Å². The molecule has 0 aliphatic carbocycles. The van der Waals surface area contributed by atoms with Crippen LogP contribution in [0.1, 0.15) is 38.3 Å². The van der Waals surface area contributed by atoms with Crippen molar-refractivity contribution in [1.29, 1.82) is 0 Å². The highest BCUT2D eigenvalue weighted by atomic mass is 16.5. The van der Waals surface area contributed by atoms with Gasteiger partial charge in [0, 0.05) is 13.0 Å². The molecule has 134 valence electrons. The molecule has 1 unspecified atom stereocenters. The van der Waals surface area contributed by atoms with Gasteiger partial charge in [-0.05, 0) is 46.2 Å². The molecule has 1 aromatic carbocycles. The van der Waals surface area contributed by atoms with Gasteiger partial charge in [0.15, 0.2) is 6.61 Å². The second-order valence-corrected chi connectivity index (χ2v) is 6.77. The zero-order valence-corrected chi connectivity index (χ0v) is 15.0. The summed E-state index contributed by atoms with van der Waals surface area (Å²) in [4.78, 5) is 23.2. The highest BCUT2D eigenvalue weighted by molar-refractivity contribution is 5.84. The maximum absolute atomic E-state index is 11.9. The second-order valence-electron chi connectivity index (χ2n) is 6.77. The van der Waals surface area contributed by atoms with Crippen LogP contribution in [0.15, 0.2) is 18.2 Å². The van der Waals surface area contributed by atoms with Crippen molar-refractivity contribution in [3.63, 3.8) is 0 Å². The molecule has 0 aromatic heterocycles. The molecule has 6 heteroatoms. The summed E-state index contributed by atoms with van der Waals surface area (Å²) in [6, 6.07) is 4.65. The van der Waals surface area contributed by atoms with Gasteiger partial charge in [-0.1, -0.05) is 17.7 Å². The van der Waals surface area contributed by atoms with Crippen molar-refractivity contribution < 1.29 is 24.2 Å². The van der Waals surface area contributed by atoms with Crippen molar-refractivity contribution in [2.45, 2.75) is 52.7 Å². The molecule has 0 bridgehead atoms. The highest BCUT2D eigenvalue weighted by Crippen LogP contribution is 2.18. The Morgan fingerprint density at radius 1 is 1.25 bits per heavy atom. The molecule has 1 aromatic rings. The Kier molecular flexibility index (Phi) is 7.22. The Bertz CT molecular complexity index is 577. The van der Waals surface area contributed by atoms with E-state index in [1.165, 1.54) is 0 Å². The molecule has 0 radical (unpaired) electrons. The molecule has 0 fully saturated rings. The molecular weight excluding hydrogens is 310 g/mol. The van der Waals surface area contributed by atoms with Crippen LogP contribution >= 0.6 is 0 Å². The minimum atomic E-state index is -1.09. The van der Waals surface area contributed by atoms with Gasteiger partial charge in [0.05, 0.1) is 5.60 Å². The van der Waals surface area contributed by atoms with Crippen LogP contribution in [0, 0.1) is 13.8 Å². The summed E-state index contributed by atoms with van der Waals surface area (Å²) in [6.07, 6.45) is 0.196. The number of benzene rings is 1. The zero-order chi connectivity index (χ0) is 18.3. The molecule has 1 atom stereocenters. The maximum atomic E-state index is 11.9. The van der Waals surface area contributed by atoms with E-state index in [0.717, 1.165) is 11.1 Å². The SMILES string of the molecule is Cc1ccc(OCC(=O)NC(CCOC(C)(C)C)C(=O)O)c(C)c1. The van der Waals surface area contributed by atoms with Crippen molar-refractivity contribution in [2.75, 3.05) is 13.2 Å². The normalized spacial score (nSPS) is 12.5. The third-order valence-corrected chi connectivity index (χ3v) is 3.26. The van der Waals surface area contributed by atoms with Gasteiger partial charge >= 0.3 is 5.97 Å². The Labute approximate surface area is 143 Å². The number of carboxylic acid groups (broad SMARTS) is 1. The largest absolute Gasteiger partial charge is 0.484 e. The van der Waals surface area contributed by atoms with Gasteiger partial charge < -0.3 is 19.9 Å². The first-order valence-electron chi connectivity index (χ1n) is 7.94. The van der Waals surface area contributed by atoms with Crippen molar-refractivity contribution >= 4 is 11.9 Å². The van der Waals surface area contributed by atoms with Crippen molar-refractivity contribution in [3.8, 4) is 5.75 Å². The number of carbonyl (C=O) groups is 2. The maximum Gasteiger partial charge on any atom is 0.326 e. The lowest BCUT2D eigenvalue weighted by Crippen LogP contribution is -2.44. The van der Waals surface area contributed by atoms with Gasteiger partial charge in [0.1, 0.15) is 11.8 Å². The molecule has 24 heavy (non-hydrogen) atoms. The summed E-state index contributed by atoms with van der Waals surface area (Å²) in [7, 11) is 0. The summed E-state index contributed by atoms with van der Waals surface area (Å²) in [5.41, 5.74) is 1.68.